The van der Waals surface area contributed by atoms with E-state index in [-0.39, 0.29) is 30.2 Å². The van der Waals surface area contributed by atoms with Gasteiger partial charge in [-0.1, -0.05) is 24.3 Å². The highest BCUT2D eigenvalue weighted by atomic mass is 16.5. The van der Waals surface area contributed by atoms with Gasteiger partial charge in [-0.15, -0.1) is 0 Å². The molecule has 2 saturated heterocycles. The lowest BCUT2D eigenvalue weighted by atomic mass is 9.94. The molecule has 294 valence electrons. The molecule has 3 N–H and O–H groups in total. The molecule has 0 spiro atoms. The van der Waals surface area contributed by atoms with Crippen LogP contribution in [0.4, 0.5) is 5.69 Å². The SMILES string of the molecule is CNC(=O)[C@@H](NC(=O)C1(c2ccc(OC)cc2)CC1)c1cccc(OCCCCCN2CCN(c3ccc4c(c3)C(=O)N(C3CCC(=O)NC3=O)C4=O)CC2)c1. The number of methoxy groups -OCH3 is 1. The van der Waals surface area contributed by atoms with Crippen LogP contribution in [0.2, 0.25) is 0 Å². The maximum atomic E-state index is 13.6. The van der Waals surface area contributed by atoms with E-state index >= 15 is 0 Å². The normalized spacial score (nSPS) is 19.6. The summed E-state index contributed by atoms with van der Waals surface area (Å²) in [6.45, 7) is 4.75. The quantitative estimate of drug-likeness (QED) is 0.155. The molecule has 7 rings (SSSR count). The van der Waals surface area contributed by atoms with Gasteiger partial charge in [0.25, 0.3) is 11.8 Å². The zero-order chi connectivity index (χ0) is 39.4. The monoisotopic (exact) mass is 764 g/mol. The highest BCUT2D eigenvalue weighted by molar-refractivity contribution is 6.23. The third-order valence-corrected chi connectivity index (χ3v) is 11.4. The minimum Gasteiger partial charge on any atom is -0.497 e. The van der Waals surface area contributed by atoms with Crippen molar-refractivity contribution in [1.82, 2.24) is 25.8 Å². The van der Waals surface area contributed by atoms with Crippen LogP contribution in [0.1, 0.15) is 82.8 Å². The molecule has 0 radical (unpaired) electrons. The van der Waals surface area contributed by atoms with Gasteiger partial charge in [0.2, 0.25) is 23.6 Å². The summed E-state index contributed by atoms with van der Waals surface area (Å²) in [4.78, 5) is 82.5. The lowest BCUT2D eigenvalue weighted by Crippen LogP contribution is -2.54. The van der Waals surface area contributed by atoms with Crippen molar-refractivity contribution in [2.75, 3.05) is 58.4 Å². The fourth-order valence-electron chi connectivity index (χ4n) is 7.87. The second kappa shape index (κ2) is 16.5. The summed E-state index contributed by atoms with van der Waals surface area (Å²) in [6, 6.07) is 18.2. The van der Waals surface area contributed by atoms with Crippen molar-refractivity contribution in [3.8, 4) is 11.5 Å². The number of nitrogens with one attached hydrogen (secondary N) is 3. The number of ether oxygens (including phenoxy) is 2. The van der Waals surface area contributed by atoms with E-state index in [2.05, 4.69) is 25.8 Å². The summed E-state index contributed by atoms with van der Waals surface area (Å²) in [5, 5.41) is 7.92. The number of anilines is 1. The van der Waals surface area contributed by atoms with Crippen LogP contribution in [0, 0.1) is 0 Å². The van der Waals surface area contributed by atoms with Crippen LogP contribution >= 0.6 is 0 Å². The first-order chi connectivity index (χ1) is 27.1. The van der Waals surface area contributed by atoms with Gasteiger partial charge in [-0.05, 0) is 98.7 Å². The van der Waals surface area contributed by atoms with Crippen molar-refractivity contribution >= 4 is 41.1 Å². The molecule has 0 bridgehead atoms. The Bertz CT molecular complexity index is 2010. The molecule has 1 unspecified atom stereocenters. The molecule has 1 aliphatic carbocycles. The number of benzene rings is 3. The van der Waals surface area contributed by atoms with Crippen LogP contribution in [0.3, 0.4) is 0 Å². The topological polar surface area (TPSA) is 167 Å². The average Bonchev–Trinajstić information content (AvgIpc) is 4.00. The van der Waals surface area contributed by atoms with Crippen LogP contribution in [0.15, 0.2) is 66.7 Å². The van der Waals surface area contributed by atoms with Crippen LogP contribution in [0.5, 0.6) is 11.5 Å². The first kappa shape index (κ1) is 38.5. The summed E-state index contributed by atoms with van der Waals surface area (Å²) in [7, 11) is 3.16. The molecule has 3 aromatic rings. The Hall–Kier alpha value is -5.76. The predicted octanol–water partition coefficient (Wildman–Crippen LogP) is 3.10. The van der Waals surface area contributed by atoms with E-state index in [4.69, 9.17) is 9.47 Å². The molecule has 1 saturated carbocycles. The van der Waals surface area contributed by atoms with Gasteiger partial charge in [-0.3, -0.25) is 43.9 Å². The molecule has 4 aliphatic rings. The van der Waals surface area contributed by atoms with Gasteiger partial charge in [-0.2, -0.15) is 0 Å². The van der Waals surface area contributed by atoms with E-state index in [1.54, 1.807) is 26.3 Å². The number of piperidine rings is 1. The lowest BCUT2D eigenvalue weighted by Gasteiger charge is -2.36. The first-order valence-electron chi connectivity index (χ1n) is 19.3. The fraction of sp³-hybridized carbons (Fsp3) is 0.429. The third kappa shape index (κ3) is 7.97. The minimum absolute atomic E-state index is 0.0842. The van der Waals surface area contributed by atoms with Gasteiger partial charge in [0, 0.05) is 45.3 Å². The second-order valence-electron chi connectivity index (χ2n) is 14.8. The van der Waals surface area contributed by atoms with Gasteiger partial charge in [0.1, 0.15) is 23.6 Å². The summed E-state index contributed by atoms with van der Waals surface area (Å²) < 4.78 is 11.3. The molecular weight excluding hydrogens is 716 g/mol. The minimum atomic E-state index is -0.981. The van der Waals surface area contributed by atoms with Gasteiger partial charge in [0.05, 0.1) is 30.3 Å². The summed E-state index contributed by atoms with van der Waals surface area (Å²) in [5.41, 5.74) is 2.33. The fourth-order valence-corrected chi connectivity index (χ4v) is 7.87. The van der Waals surface area contributed by atoms with Gasteiger partial charge >= 0.3 is 0 Å². The molecule has 3 aromatic carbocycles. The predicted molar refractivity (Wildman–Crippen MR) is 206 cm³/mol. The maximum absolute atomic E-state index is 13.6. The number of hydrogen-bond donors (Lipinski definition) is 3. The molecule has 56 heavy (non-hydrogen) atoms. The molecule has 3 aliphatic heterocycles. The number of fused-ring (bicyclic) bond motifs is 1. The Morgan fingerprint density at radius 2 is 1.62 bits per heavy atom. The number of rotatable bonds is 15. The number of carbonyl (C=O) groups is 6. The molecule has 0 aromatic heterocycles. The number of nitrogens with zero attached hydrogens (tertiary/aromatic N) is 3. The zero-order valence-electron chi connectivity index (χ0n) is 31.8. The number of unbranched alkanes of at least 4 members (excludes halogenated alkanes) is 2. The number of likely N-dealkylation sites (N-methyl/N-ethyl adjacent to an activating group) is 1. The number of imide groups is 2. The van der Waals surface area contributed by atoms with Crippen molar-refractivity contribution in [3.63, 3.8) is 0 Å². The van der Waals surface area contributed by atoms with E-state index in [1.165, 1.54) is 0 Å². The van der Waals surface area contributed by atoms with E-state index < -0.39 is 41.1 Å². The summed E-state index contributed by atoms with van der Waals surface area (Å²) >= 11 is 0. The first-order valence-corrected chi connectivity index (χ1v) is 19.3. The Morgan fingerprint density at radius 3 is 2.32 bits per heavy atom. The lowest BCUT2D eigenvalue weighted by molar-refractivity contribution is -0.136. The Morgan fingerprint density at radius 1 is 0.875 bits per heavy atom. The van der Waals surface area contributed by atoms with E-state index in [0.29, 0.717) is 36.3 Å². The summed E-state index contributed by atoms with van der Waals surface area (Å²) in [6.07, 6.45) is 4.49. The molecule has 14 nitrogen and oxygen atoms in total. The molecule has 14 heteroatoms. The standard InChI is InChI=1S/C42H48N6O8/c1-43-38(51)36(45-41(54)42(17-18-42)28-9-12-30(55-2)13-10-28)27-7-6-8-31(25-27)56-24-5-3-4-19-46-20-22-47(23-21-46)29-11-14-32-33(26-29)40(53)48(39(32)52)34-15-16-35(49)44-37(34)50/h6-14,25-26,34,36H,3-5,15-24H2,1-2H3,(H,43,51)(H,45,54)(H,44,49,50)/t34?,36-/m0/s1. The molecular formula is C42H48N6O8. The average molecular weight is 765 g/mol. The largest absolute Gasteiger partial charge is 0.497 e. The van der Waals surface area contributed by atoms with Gasteiger partial charge in [0.15, 0.2) is 0 Å². The van der Waals surface area contributed by atoms with E-state index in [0.717, 1.165) is 73.9 Å². The van der Waals surface area contributed by atoms with Crippen molar-refractivity contribution in [2.45, 2.75) is 62.4 Å². The number of piperazine rings is 1. The van der Waals surface area contributed by atoms with Crippen molar-refractivity contribution < 1.29 is 38.2 Å². The second-order valence-corrected chi connectivity index (χ2v) is 14.8. The van der Waals surface area contributed by atoms with Crippen LogP contribution < -0.4 is 30.3 Å². The molecule has 3 fully saturated rings. The van der Waals surface area contributed by atoms with Gasteiger partial charge in [-0.25, -0.2) is 0 Å². The Labute approximate surface area is 325 Å². The molecule has 3 heterocycles. The smallest absolute Gasteiger partial charge is 0.262 e. The van der Waals surface area contributed by atoms with E-state index in [1.807, 2.05) is 54.6 Å². The van der Waals surface area contributed by atoms with Crippen molar-refractivity contribution in [1.29, 1.82) is 0 Å². The maximum Gasteiger partial charge on any atom is 0.262 e. The van der Waals surface area contributed by atoms with Crippen molar-refractivity contribution in [2.24, 2.45) is 0 Å². The summed E-state index contributed by atoms with van der Waals surface area (Å²) in [5.74, 6) is -1.14. The van der Waals surface area contributed by atoms with E-state index in [9.17, 15) is 28.8 Å². The van der Waals surface area contributed by atoms with Crippen LogP contribution in [-0.4, -0.2) is 105 Å². The van der Waals surface area contributed by atoms with Crippen LogP contribution in [0.25, 0.3) is 0 Å². The Kier molecular flexibility index (Phi) is 11.4. The molecule has 6 amide bonds. The highest BCUT2D eigenvalue weighted by Gasteiger charge is 2.52. The Balaban J connectivity index is 0.843. The zero-order valence-corrected chi connectivity index (χ0v) is 31.8. The van der Waals surface area contributed by atoms with Crippen LogP contribution in [-0.2, 0) is 24.6 Å². The number of hydrogen-bond acceptors (Lipinski definition) is 10. The van der Waals surface area contributed by atoms with Crippen molar-refractivity contribution in [3.05, 3.63) is 89.0 Å². The number of amides is 6. The highest BCUT2D eigenvalue weighted by Crippen LogP contribution is 2.49. The third-order valence-electron chi connectivity index (χ3n) is 11.4. The number of carbonyl (C=O) groups excluding carboxylic acids is 6. The molecule has 2 atom stereocenters. The van der Waals surface area contributed by atoms with Gasteiger partial charge < -0.3 is 25.0 Å².